The number of hydrogen-bond donors (Lipinski definition) is 12. The number of hydrazine groups is 1. The minimum Gasteiger partial charge on any atom is -0.464 e. The Kier molecular flexibility index (Phi) is 45.6. The van der Waals surface area contributed by atoms with E-state index in [1.54, 1.807) is 106 Å². The number of aliphatic hydroxyl groups is 6. The summed E-state index contributed by atoms with van der Waals surface area (Å²) in [5.74, 6) is 0.436. The van der Waals surface area contributed by atoms with E-state index in [0.717, 1.165) is 26.9 Å². The largest absolute Gasteiger partial charge is 0.464 e. The van der Waals surface area contributed by atoms with E-state index in [0.29, 0.717) is 40.4 Å². The topological polar surface area (TPSA) is 628 Å². The zero-order valence-corrected chi connectivity index (χ0v) is 84.9. The lowest BCUT2D eigenvalue weighted by Crippen LogP contribution is -2.60. The number of benzene rings is 2. The number of aliphatic hydroxyl groups excluding tert-OH is 6. The van der Waals surface area contributed by atoms with Gasteiger partial charge >= 0.3 is 12.2 Å². The van der Waals surface area contributed by atoms with Gasteiger partial charge in [0.15, 0.2) is 0 Å². The van der Waals surface area contributed by atoms with Crippen LogP contribution in [0.2, 0.25) is 0 Å². The number of rotatable bonds is 59. The van der Waals surface area contributed by atoms with Gasteiger partial charge in [-0.1, -0.05) is 101 Å². The number of carbonyl (C=O) groups is 11. The smallest absolute Gasteiger partial charge is 0.410 e. The quantitative estimate of drug-likeness (QED) is 0.0114. The number of imide groups is 1. The molecule has 3 aliphatic rings. The lowest BCUT2D eigenvalue weighted by molar-refractivity contribution is -0.229. The molecule has 143 heavy (non-hydrogen) atoms. The molecule has 47 heteroatoms. The van der Waals surface area contributed by atoms with Gasteiger partial charge in [0.05, 0.1) is 145 Å². The van der Waals surface area contributed by atoms with Crippen molar-refractivity contribution in [2.45, 2.75) is 252 Å². The highest BCUT2D eigenvalue weighted by atomic mass is 16.7. The van der Waals surface area contributed by atoms with E-state index in [4.69, 9.17) is 88.7 Å². The van der Waals surface area contributed by atoms with Crippen LogP contribution in [0.5, 0.6) is 11.5 Å². The summed E-state index contributed by atoms with van der Waals surface area (Å²) in [6.45, 7) is 18.6. The number of ether oxygens (including phenoxy) is 12. The number of primary amides is 2. The van der Waals surface area contributed by atoms with Gasteiger partial charge in [-0.15, -0.1) is 5.10 Å². The first kappa shape index (κ1) is 117. The molecule has 8 rings (SSSR count). The third-order valence-corrected chi connectivity index (χ3v) is 25.5. The molecule has 16 N–H and O–H groups in total. The Labute approximate surface area is 831 Å². The third kappa shape index (κ3) is 32.4. The summed E-state index contributed by atoms with van der Waals surface area (Å²) in [6.07, 6.45) is -7.62. The van der Waals surface area contributed by atoms with Crippen molar-refractivity contribution in [3.8, 4) is 11.5 Å². The van der Waals surface area contributed by atoms with Crippen LogP contribution in [0.25, 0.3) is 21.9 Å². The molecule has 47 nitrogen and oxygen atoms in total. The molecule has 0 radical (unpaired) electrons. The van der Waals surface area contributed by atoms with Crippen molar-refractivity contribution < 1.29 is 149 Å². The molecular formula is C96H148N16O31. The van der Waals surface area contributed by atoms with E-state index in [2.05, 4.69) is 20.9 Å². The van der Waals surface area contributed by atoms with Crippen molar-refractivity contribution in [2.24, 2.45) is 58.6 Å². The van der Waals surface area contributed by atoms with Crippen molar-refractivity contribution in [1.82, 2.24) is 60.0 Å². The second kappa shape index (κ2) is 55.7. The fourth-order valence-corrected chi connectivity index (χ4v) is 17.4. The van der Waals surface area contributed by atoms with Crippen LogP contribution in [-0.4, -0.2) is 365 Å². The van der Waals surface area contributed by atoms with Crippen LogP contribution in [0.1, 0.15) is 150 Å². The molecule has 11 amide bonds. The number of nitrogens with two attached hydrogens (primary N) is 4. The third-order valence-electron chi connectivity index (χ3n) is 25.5. The molecule has 0 bridgehead atoms. The van der Waals surface area contributed by atoms with Gasteiger partial charge in [-0.25, -0.2) is 20.1 Å². The summed E-state index contributed by atoms with van der Waals surface area (Å²) in [4.78, 5) is 156. The van der Waals surface area contributed by atoms with Gasteiger partial charge < -0.3 is 144 Å². The first-order chi connectivity index (χ1) is 67.8. The van der Waals surface area contributed by atoms with Gasteiger partial charge in [0.25, 0.3) is 11.8 Å². The van der Waals surface area contributed by atoms with Crippen LogP contribution in [-0.2, 0) is 123 Å². The molecule has 2 saturated heterocycles. The number of furan rings is 2. The standard InChI is InChI=1S/C96H148N16O31/c1-19-56(11)85(70(130-17)39-74(98)117)105(13)93(126)81(52(3)4)101-91(124)83(54(7)8)107(15)95(128)136-47-58-21-23-68(140-79-37-66(115)87(122)72(45-113)142-79)64-35-62(138-89(58)64)43-110(100)41-60(97)49-133-30-27-109(78(121)51-135-34-33-132-32-29-112-76(119)25-26-77(112)120)28-31-134-50-61-42-111(104-103-61)44-63-36-65-69(141-80-38-67(116)88(123)73(46-114)143-80)24-22-59(90(65)139-63)48-137-96(129)108(16)84(55(9)10)92(125)102-82(53(5)6)94(127)106(14)86(57(12)20-2)71(131-18)40-75(99)118/h21-26,35-36,41-42,52-57,66-67,70-73,79-88,113-116,122-123H,19-20,27-34,37-40,43-51,97,100H2,1-18H3,(H2,98,117)(H2,99,118)(H,101,124)(H,102,125)/b60-41-/t56?,57?,66-,67-,70-,71-,72-,73-,79-,80-,81+,82+,83+,84+,85+,86+,87-,88-/m1/s1. The first-order valence-electron chi connectivity index (χ1n) is 48.0. The van der Waals surface area contributed by atoms with E-state index in [1.165, 1.54) is 65.0 Å². The van der Waals surface area contributed by atoms with Crippen LogP contribution >= 0.6 is 0 Å². The molecule has 2 fully saturated rings. The Balaban J connectivity index is 0.933. The van der Waals surface area contributed by atoms with Crippen molar-refractivity contribution >= 4 is 87.3 Å². The number of hydrogen-bond acceptors (Lipinski definition) is 36. The maximum Gasteiger partial charge on any atom is 0.410 e. The summed E-state index contributed by atoms with van der Waals surface area (Å²) in [5, 5.41) is 78.8. The van der Waals surface area contributed by atoms with Crippen LogP contribution in [0.15, 0.2) is 75.5 Å². The Morgan fingerprint density at radius 1 is 0.566 bits per heavy atom. The SMILES string of the molecule is CCC(C)[C@@H]([C@@H](CC(N)=O)OC)N(C)C(=O)[C@@H](NC(=O)[C@H](C(C)C)N(C)C(=O)OCc1ccc(O[C@H]2C[C@@H](O)[C@@H](O)[C@@H](CO)O2)c2cc(CN(N)/C=C(\N)COCCN(CCOCc3cn(Cc4cc5c(O[C@H]6C[C@@H](O)[C@@H](O)[C@@H](CO)O6)ccc(COC(=O)N(C)[C@H](C(=O)N[C@H](C(=O)N(C)[C@@H](C(C)CC)[C@@H](CC(N)=O)OC)C(C)C)C(C)C)c5o4)nn3)C(=O)COCCOCCN3C(=O)C=CC3=O)oc12)C(C)C. The summed E-state index contributed by atoms with van der Waals surface area (Å²) in [5.41, 5.74) is 19.1. The van der Waals surface area contributed by atoms with Crippen LogP contribution in [0, 0.1) is 35.5 Å². The molecule has 0 aliphatic carbocycles. The Bertz CT molecular complexity index is 5070. The van der Waals surface area contributed by atoms with Crippen LogP contribution in [0.4, 0.5) is 9.59 Å². The minimum atomic E-state index is -1.41. The molecule has 3 aliphatic heterocycles. The molecule has 798 valence electrons. The van der Waals surface area contributed by atoms with E-state index in [9.17, 15) is 83.4 Å². The minimum absolute atomic E-state index is 0.00422. The fraction of sp³-hybridized carbons (Fsp3) is 0.656. The second-order valence-corrected chi connectivity index (χ2v) is 37.6. The van der Waals surface area contributed by atoms with Crippen molar-refractivity contribution in [2.75, 3.05) is 122 Å². The first-order valence-corrected chi connectivity index (χ1v) is 48.0. The fourth-order valence-electron chi connectivity index (χ4n) is 17.4. The van der Waals surface area contributed by atoms with E-state index < -0.39 is 220 Å². The monoisotopic (exact) mass is 2020 g/mol. The Hall–Kier alpha value is -11.3. The van der Waals surface area contributed by atoms with Crippen molar-refractivity contribution in [1.29, 1.82) is 0 Å². The number of aromatic nitrogens is 3. The molecule has 2 aromatic carbocycles. The van der Waals surface area contributed by atoms with Crippen molar-refractivity contribution in [3.63, 3.8) is 0 Å². The van der Waals surface area contributed by atoms with Crippen molar-refractivity contribution in [3.05, 3.63) is 95.0 Å². The van der Waals surface area contributed by atoms with Crippen LogP contribution in [0.3, 0.4) is 0 Å². The molecule has 6 heterocycles. The predicted octanol–water partition coefficient (Wildman–Crippen LogP) is 1.73. The molecule has 0 saturated carbocycles. The Morgan fingerprint density at radius 3 is 1.44 bits per heavy atom. The van der Waals surface area contributed by atoms with E-state index in [1.807, 2.05) is 27.7 Å². The van der Waals surface area contributed by atoms with Gasteiger partial charge in [-0.2, -0.15) is 0 Å². The van der Waals surface area contributed by atoms with Gasteiger partial charge in [-0.05, 0) is 71.9 Å². The highest BCUT2D eigenvalue weighted by Crippen LogP contribution is 2.39. The van der Waals surface area contributed by atoms with Gasteiger partial charge in [-0.3, -0.25) is 57.9 Å². The number of methoxy groups -OCH3 is 2. The van der Waals surface area contributed by atoms with E-state index >= 15 is 0 Å². The maximum atomic E-state index is 14.4. The average Bonchev–Trinajstić information content (AvgIpc) is 1.64. The van der Waals surface area contributed by atoms with Gasteiger partial charge in [0.1, 0.15) is 115 Å². The zero-order valence-electron chi connectivity index (χ0n) is 84.9. The zero-order chi connectivity index (χ0) is 106. The highest BCUT2D eigenvalue weighted by molar-refractivity contribution is 6.13. The maximum absolute atomic E-state index is 14.4. The van der Waals surface area contributed by atoms with Crippen LogP contribution < -0.4 is 43.2 Å². The number of nitrogens with one attached hydrogen (secondary N) is 2. The number of carbonyl (C=O) groups excluding carboxylic acids is 11. The number of likely N-dealkylation sites (N-methyl/N-ethyl adjacent to an activating group) is 4. The number of amides is 11. The lowest BCUT2D eigenvalue weighted by atomic mass is 9.89. The summed E-state index contributed by atoms with van der Waals surface area (Å²) >= 11 is 0. The molecule has 18 atom stereocenters. The molecule has 3 aromatic heterocycles. The predicted molar refractivity (Wildman–Crippen MR) is 512 cm³/mol. The molecule has 2 unspecified atom stereocenters. The van der Waals surface area contributed by atoms with Gasteiger partial charge in [0.2, 0.25) is 53.9 Å². The summed E-state index contributed by atoms with van der Waals surface area (Å²) < 4.78 is 85.1. The molecule has 0 spiro atoms. The lowest BCUT2D eigenvalue weighted by Gasteiger charge is -2.40. The second-order valence-electron chi connectivity index (χ2n) is 37.6. The van der Waals surface area contributed by atoms with E-state index in [-0.39, 0.29) is 156 Å². The average molecular weight is 2020 g/mol. The highest BCUT2D eigenvalue weighted by Gasteiger charge is 2.45. The number of nitrogens with zero attached hydrogens (tertiary/aromatic N) is 10. The van der Waals surface area contributed by atoms with Gasteiger partial charge in [0, 0.05) is 97.8 Å². The normalized spacial score (nSPS) is 19.9. The molecule has 5 aromatic rings. The summed E-state index contributed by atoms with van der Waals surface area (Å²) in [7, 11) is 8.83. The molecular weight excluding hydrogens is 1870 g/mol. The number of fused-ring (bicyclic) bond motifs is 2. The summed E-state index contributed by atoms with van der Waals surface area (Å²) in [6, 6.07) is 3.81. The Morgan fingerprint density at radius 2 is 1.01 bits per heavy atom.